The van der Waals surface area contributed by atoms with E-state index in [9.17, 15) is 13.8 Å². The standard InChI is InChI=1S/C37H44Cl2N4O5S/c1-24-7-6-9-33(47-3)31-14-11-28(31)22-43-21-27-10-13-30(38)17-25(27)8-4-5-16-48-34-15-12-26(18-32(34)43)36(44)40-49(46,23-24)41-37(45)29-19-35(39)42(2)20-29/h6,9-10,12-13,15,17-20,24,28,31,33H,4-5,7-8,11,14,16,21-23H2,1-3H3,(H,40,41,44,45,46)/b9-6+/t24-,28-,31+,33-,49-/m0/s1. The summed E-state index contributed by atoms with van der Waals surface area (Å²) in [6.45, 7) is 3.79. The third-order valence-corrected chi connectivity index (χ3v) is 12.5. The molecule has 1 aliphatic carbocycles. The fraction of sp³-hybridized carbons (Fsp3) is 0.459. The van der Waals surface area contributed by atoms with Crippen LogP contribution >= 0.6 is 23.2 Å². The lowest BCUT2D eigenvalue weighted by Gasteiger charge is -2.43. The highest BCUT2D eigenvalue weighted by Gasteiger charge is 2.38. The zero-order valence-electron chi connectivity index (χ0n) is 28.2. The largest absolute Gasteiger partial charge is 0.491 e. The molecular weight excluding hydrogens is 683 g/mol. The van der Waals surface area contributed by atoms with Gasteiger partial charge in [-0.05, 0) is 104 Å². The molecule has 2 aliphatic heterocycles. The number of aryl methyl sites for hydroxylation is 2. The quantitative estimate of drug-likeness (QED) is 0.279. The number of carbonyl (C=O) groups excluding carboxylic acids is 2. The number of rotatable bonds is 3. The minimum Gasteiger partial charge on any atom is -0.491 e. The van der Waals surface area contributed by atoms with Gasteiger partial charge >= 0.3 is 0 Å². The SMILES string of the molecule is CO[C@H]1/C=C/C[C@H](C)C[S@@](=O)(NC(=O)c2cc(Cl)n(C)c2)=NC(=O)c2ccc3c(c2)N(Cc2ccc(Cl)cc2CCCCO3)C[C@@H]2CC[C@H]21. The summed E-state index contributed by atoms with van der Waals surface area (Å²) in [4.78, 5) is 29.5. The zero-order chi connectivity index (χ0) is 34.7. The summed E-state index contributed by atoms with van der Waals surface area (Å²) >= 11 is 12.6. The molecule has 6 rings (SSSR count). The molecule has 1 saturated carbocycles. The van der Waals surface area contributed by atoms with E-state index in [1.54, 1.807) is 37.1 Å². The van der Waals surface area contributed by atoms with Crippen molar-refractivity contribution in [3.63, 3.8) is 0 Å². The van der Waals surface area contributed by atoms with Gasteiger partial charge in [-0.25, -0.2) is 4.21 Å². The number of carbonyl (C=O) groups is 2. The lowest BCUT2D eigenvalue weighted by atomic mass is 9.70. The van der Waals surface area contributed by atoms with Crippen molar-refractivity contribution in [1.82, 2.24) is 9.29 Å². The minimum atomic E-state index is -3.55. The molecular formula is C37H44Cl2N4O5S. The highest BCUT2D eigenvalue weighted by Crippen LogP contribution is 2.42. The molecule has 12 heteroatoms. The van der Waals surface area contributed by atoms with Crippen LogP contribution in [0.25, 0.3) is 0 Å². The summed E-state index contributed by atoms with van der Waals surface area (Å²) in [7, 11) is -0.0941. The van der Waals surface area contributed by atoms with Gasteiger partial charge in [0, 0.05) is 44.0 Å². The summed E-state index contributed by atoms with van der Waals surface area (Å²) < 4.78 is 35.3. The van der Waals surface area contributed by atoms with Crippen LogP contribution in [0.3, 0.4) is 0 Å². The first-order valence-corrected chi connectivity index (χ1v) is 19.4. The van der Waals surface area contributed by atoms with Crippen molar-refractivity contribution < 1.29 is 23.3 Å². The van der Waals surface area contributed by atoms with Crippen molar-refractivity contribution in [2.75, 3.05) is 30.9 Å². The first-order chi connectivity index (χ1) is 23.5. The lowest BCUT2D eigenvalue weighted by molar-refractivity contribution is 0.0133. The molecule has 2 amide bonds. The van der Waals surface area contributed by atoms with Crippen LogP contribution in [0.1, 0.15) is 70.9 Å². The van der Waals surface area contributed by atoms with Gasteiger partial charge in [0.05, 0.1) is 29.7 Å². The highest BCUT2D eigenvalue weighted by atomic mass is 35.5. The Morgan fingerprint density at radius 1 is 1.10 bits per heavy atom. The van der Waals surface area contributed by atoms with Crippen LogP contribution in [0.2, 0.25) is 10.2 Å². The maximum absolute atomic E-state index is 14.5. The molecule has 5 atom stereocenters. The molecule has 49 heavy (non-hydrogen) atoms. The number of allylic oxidation sites excluding steroid dienone is 1. The number of aromatic nitrogens is 1. The number of hydrogen-bond donors (Lipinski definition) is 1. The Labute approximate surface area is 299 Å². The topological polar surface area (TPSA) is 102 Å². The van der Waals surface area contributed by atoms with E-state index >= 15 is 0 Å². The van der Waals surface area contributed by atoms with E-state index in [2.05, 4.69) is 38.3 Å². The second-order valence-corrected chi connectivity index (χ2v) is 16.4. The Hall–Kier alpha value is -3.31. The predicted octanol–water partition coefficient (Wildman–Crippen LogP) is 7.64. The first-order valence-electron chi connectivity index (χ1n) is 16.9. The Kier molecular flexibility index (Phi) is 11.1. The van der Waals surface area contributed by atoms with Crippen LogP contribution < -0.4 is 14.4 Å². The third kappa shape index (κ3) is 8.36. The minimum absolute atomic E-state index is 0.0153. The molecule has 9 nitrogen and oxygen atoms in total. The van der Waals surface area contributed by atoms with Crippen LogP contribution in [0.4, 0.5) is 5.69 Å². The van der Waals surface area contributed by atoms with Crippen LogP contribution in [0.15, 0.2) is 65.2 Å². The maximum atomic E-state index is 14.5. The molecule has 3 aliphatic rings. The first kappa shape index (κ1) is 35.5. The van der Waals surface area contributed by atoms with Gasteiger partial charge < -0.3 is 18.9 Å². The van der Waals surface area contributed by atoms with Crippen molar-refractivity contribution in [3.8, 4) is 5.75 Å². The van der Waals surface area contributed by atoms with Crippen molar-refractivity contribution in [1.29, 1.82) is 0 Å². The van der Waals surface area contributed by atoms with Gasteiger partial charge in [-0.1, -0.05) is 48.3 Å². The molecule has 0 spiro atoms. The van der Waals surface area contributed by atoms with E-state index < -0.39 is 21.7 Å². The second kappa shape index (κ2) is 15.3. The van der Waals surface area contributed by atoms with E-state index in [0.717, 1.165) is 44.3 Å². The van der Waals surface area contributed by atoms with Crippen molar-refractivity contribution in [2.24, 2.45) is 29.2 Å². The second-order valence-electron chi connectivity index (χ2n) is 13.5. The smallest absolute Gasteiger partial charge is 0.286 e. The average molecular weight is 728 g/mol. The fourth-order valence-corrected chi connectivity index (χ4v) is 9.29. The van der Waals surface area contributed by atoms with Crippen molar-refractivity contribution >= 4 is 50.6 Å². The molecule has 0 radical (unpaired) electrons. The summed E-state index contributed by atoms with van der Waals surface area (Å²) in [5.41, 5.74) is 3.65. The van der Waals surface area contributed by atoms with Crippen LogP contribution in [-0.2, 0) is 34.7 Å². The van der Waals surface area contributed by atoms with E-state index in [1.165, 1.54) is 17.2 Å². The molecule has 1 aromatic heterocycles. The molecule has 1 N–H and O–H groups in total. The number of halogens is 2. The highest BCUT2D eigenvalue weighted by molar-refractivity contribution is 7.92. The Bertz CT molecular complexity index is 1850. The van der Waals surface area contributed by atoms with Gasteiger partial charge in [0.2, 0.25) is 0 Å². The summed E-state index contributed by atoms with van der Waals surface area (Å²) in [6.07, 6.45) is 11.0. The molecule has 2 bridgehead atoms. The number of hydrogen-bond acceptors (Lipinski definition) is 6. The van der Waals surface area contributed by atoms with Crippen molar-refractivity contribution in [3.05, 3.63) is 93.2 Å². The van der Waals surface area contributed by atoms with Gasteiger partial charge in [0.25, 0.3) is 11.8 Å². The summed E-state index contributed by atoms with van der Waals surface area (Å²) in [5, 5.41) is 1.06. The Balaban J connectivity index is 1.45. The van der Waals surface area contributed by atoms with Crippen LogP contribution in [-0.4, -0.2) is 52.7 Å². The van der Waals surface area contributed by atoms with E-state index in [-0.39, 0.29) is 28.9 Å². The number of nitrogens with zero attached hydrogens (tertiary/aromatic N) is 3. The molecule has 0 unspecified atom stereocenters. The van der Waals surface area contributed by atoms with Crippen LogP contribution in [0, 0.1) is 17.8 Å². The molecule has 3 aromatic rings. The predicted molar refractivity (Wildman–Crippen MR) is 195 cm³/mol. The molecule has 1 fully saturated rings. The number of fused-ring (bicyclic) bond motifs is 3. The van der Waals surface area contributed by atoms with Gasteiger partial charge in [-0.2, -0.15) is 0 Å². The molecule has 3 heterocycles. The van der Waals surface area contributed by atoms with Gasteiger partial charge in [0.15, 0.2) is 0 Å². The van der Waals surface area contributed by atoms with Crippen LogP contribution in [0.5, 0.6) is 5.75 Å². The average Bonchev–Trinajstić information content (AvgIpc) is 3.38. The number of methoxy groups -OCH3 is 1. The monoisotopic (exact) mass is 726 g/mol. The van der Waals surface area contributed by atoms with Gasteiger partial charge in [-0.3, -0.25) is 14.3 Å². The van der Waals surface area contributed by atoms with E-state index in [0.29, 0.717) is 47.3 Å². The third-order valence-electron chi connectivity index (χ3n) is 9.86. The number of amides is 2. The number of anilines is 1. The molecule has 262 valence electrons. The van der Waals surface area contributed by atoms with Gasteiger partial charge in [-0.15, -0.1) is 4.36 Å². The van der Waals surface area contributed by atoms with Gasteiger partial charge in [0.1, 0.15) is 20.8 Å². The number of ether oxygens (including phenoxy) is 2. The Morgan fingerprint density at radius 3 is 2.67 bits per heavy atom. The fourth-order valence-electron chi connectivity index (χ4n) is 7.04. The summed E-state index contributed by atoms with van der Waals surface area (Å²) in [6, 6.07) is 12.8. The summed E-state index contributed by atoms with van der Waals surface area (Å²) in [5.74, 6) is -0.104. The maximum Gasteiger partial charge on any atom is 0.286 e. The lowest BCUT2D eigenvalue weighted by Crippen LogP contribution is -2.43. The van der Waals surface area contributed by atoms with Crippen molar-refractivity contribution in [2.45, 2.75) is 58.1 Å². The Morgan fingerprint density at radius 2 is 1.94 bits per heavy atom. The molecule has 2 aromatic carbocycles. The van der Waals surface area contributed by atoms with E-state index in [4.69, 9.17) is 32.7 Å². The zero-order valence-corrected chi connectivity index (χ0v) is 30.5. The van der Waals surface area contributed by atoms with E-state index in [1.807, 2.05) is 19.1 Å². The normalized spacial score (nSPS) is 26.9. The number of benzene rings is 2. The number of nitrogens with one attached hydrogen (secondary N) is 1. The molecule has 0 saturated heterocycles.